The lowest BCUT2D eigenvalue weighted by molar-refractivity contribution is 0.228. The van der Waals surface area contributed by atoms with E-state index in [2.05, 4.69) is 26.1 Å². The van der Waals surface area contributed by atoms with Gasteiger partial charge in [0.15, 0.2) is 17.3 Å². The number of hydrogen-bond donors (Lipinski definition) is 1. The second-order valence-electron chi connectivity index (χ2n) is 4.42. The minimum Gasteiger partial charge on any atom is -0.492 e. The van der Waals surface area contributed by atoms with Crippen LogP contribution in [0.3, 0.4) is 0 Å². The van der Waals surface area contributed by atoms with E-state index < -0.39 is 5.82 Å². The lowest BCUT2D eigenvalue weighted by Gasteiger charge is -2.28. The average Bonchev–Trinajstić information content (AvgIpc) is 2.43. The van der Waals surface area contributed by atoms with E-state index in [-0.39, 0.29) is 5.75 Å². The third-order valence-electron chi connectivity index (χ3n) is 3.22. The maximum absolute atomic E-state index is 13.9. The van der Waals surface area contributed by atoms with Crippen molar-refractivity contribution in [1.82, 2.24) is 10.2 Å². The third-order valence-corrected chi connectivity index (χ3v) is 3.80. The van der Waals surface area contributed by atoms with Crippen LogP contribution < -0.4 is 14.8 Å². The highest BCUT2D eigenvalue weighted by Crippen LogP contribution is 2.38. The predicted octanol–water partition coefficient (Wildman–Crippen LogP) is 2.01. The largest absolute Gasteiger partial charge is 0.492 e. The summed E-state index contributed by atoms with van der Waals surface area (Å²) in [6.07, 6.45) is 0. The molecule has 0 radical (unpaired) electrons. The summed E-state index contributed by atoms with van der Waals surface area (Å²) in [5.41, 5.74) is 0.925. The molecule has 0 spiro atoms. The molecule has 1 aliphatic rings. The number of ether oxygens (including phenoxy) is 2. The lowest BCUT2D eigenvalue weighted by Crippen LogP contribution is -2.42. The molecule has 1 saturated heterocycles. The monoisotopic (exact) mass is 332 g/mol. The van der Waals surface area contributed by atoms with Gasteiger partial charge in [0.05, 0.1) is 18.7 Å². The molecule has 1 N–H and O–H groups in total. The molecule has 0 atom stereocenters. The summed E-state index contributed by atoms with van der Waals surface area (Å²) in [6.45, 7) is 4.62. The van der Waals surface area contributed by atoms with Gasteiger partial charge in [-0.05, 0) is 22.0 Å². The van der Waals surface area contributed by atoms with Crippen molar-refractivity contribution in [1.29, 1.82) is 0 Å². The molecule has 0 aliphatic carbocycles. The molecule has 1 heterocycles. The van der Waals surface area contributed by atoms with Crippen molar-refractivity contribution >= 4 is 15.9 Å². The number of rotatable bonds is 4. The van der Waals surface area contributed by atoms with Gasteiger partial charge < -0.3 is 14.8 Å². The van der Waals surface area contributed by atoms with Crippen LogP contribution >= 0.6 is 15.9 Å². The van der Waals surface area contributed by atoms with E-state index in [9.17, 15) is 4.39 Å². The first kappa shape index (κ1) is 14.6. The Hall–Kier alpha value is -0.850. The average molecular weight is 333 g/mol. The van der Waals surface area contributed by atoms with Crippen molar-refractivity contribution in [3.05, 3.63) is 21.9 Å². The molecule has 0 bridgehead atoms. The van der Waals surface area contributed by atoms with Crippen LogP contribution in [0.4, 0.5) is 4.39 Å². The highest BCUT2D eigenvalue weighted by molar-refractivity contribution is 9.10. The van der Waals surface area contributed by atoms with E-state index in [1.54, 1.807) is 6.07 Å². The molecule has 0 saturated carbocycles. The molecule has 0 aromatic heterocycles. The van der Waals surface area contributed by atoms with Gasteiger partial charge in [0.1, 0.15) is 0 Å². The Kier molecular flexibility index (Phi) is 5.01. The fraction of sp³-hybridized carbons (Fsp3) is 0.538. The fourth-order valence-corrected chi connectivity index (χ4v) is 2.73. The molecule has 106 valence electrons. The Morgan fingerprint density at radius 2 is 1.89 bits per heavy atom. The second-order valence-corrected chi connectivity index (χ2v) is 5.28. The van der Waals surface area contributed by atoms with Gasteiger partial charge in [0.2, 0.25) is 0 Å². The molecule has 1 aromatic rings. The van der Waals surface area contributed by atoms with Gasteiger partial charge in [0.25, 0.3) is 0 Å². The highest BCUT2D eigenvalue weighted by atomic mass is 79.9. The number of benzene rings is 1. The summed E-state index contributed by atoms with van der Waals surface area (Å²) in [4.78, 5) is 2.30. The van der Waals surface area contributed by atoms with Crippen molar-refractivity contribution in [2.24, 2.45) is 0 Å². The normalized spacial score (nSPS) is 16.4. The maximum Gasteiger partial charge on any atom is 0.198 e. The topological polar surface area (TPSA) is 33.7 Å². The van der Waals surface area contributed by atoms with Gasteiger partial charge in [-0.3, -0.25) is 4.90 Å². The quantitative estimate of drug-likeness (QED) is 0.914. The highest BCUT2D eigenvalue weighted by Gasteiger charge is 2.21. The number of halogens is 2. The van der Waals surface area contributed by atoms with Crippen LogP contribution in [-0.4, -0.2) is 45.3 Å². The Morgan fingerprint density at radius 1 is 1.26 bits per heavy atom. The molecule has 1 fully saturated rings. The van der Waals surface area contributed by atoms with Crippen molar-refractivity contribution < 1.29 is 13.9 Å². The number of nitrogens with one attached hydrogen (secondary N) is 1. The Labute approximate surface area is 121 Å². The molecule has 4 nitrogen and oxygen atoms in total. The molecule has 1 aliphatic heterocycles. The van der Waals surface area contributed by atoms with Crippen LogP contribution in [0.2, 0.25) is 0 Å². The Balaban J connectivity index is 2.30. The van der Waals surface area contributed by atoms with Crippen LogP contribution in [0.15, 0.2) is 10.5 Å². The summed E-state index contributed by atoms with van der Waals surface area (Å²) in [5, 5.41) is 3.31. The van der Waals surface area contributed by atoms with Gasteiger partial charge in [-0.15, -0.1) is 0 Å². The van der Waals surface area contributed by atoms with Crippen LogP contribution in [0.5, 0.6) is 11.5 Å². The smallest absolute Gasteiger partial charge is 0.198 e. The zero-order chi connectivity index (χ0) is 13.8. The molecule has 0 unspecified atom stereocenters. The molecule has 19 heavy (non-hydrogen) atoms. The summed E-state index contributed by atoms with van der Waals surface area (Å²) >= 11 is 3.22. The summed E-state index contributed by atoms with van der Waals surface area (Å²) in [6, 6.07) is 1.76. The molecule has 0 amide bonds. The predicted molar refractivity (Wildman–Crippen MR) is 75.4 cm³/mol. The van der Waals surface area contributed by atoms with Crippen molar-refractivity contribution in [3.8, 4) is 11.5 Å². The molecule has 6 heteroatoms. The van der Waals surface area contributed by atoms with Gasteiger partial charge >= 0.3 is 0 Å². The molecular weight excluding hydrogens is 315 g/mol. The third kappa shape index (κ3) is 3.19. The number of hydrogen-bond acceptors (Lipinski definition) is 4. The minimum atomic E-state index is -0.427. The SMILES string of the molecule is COc1c(CN2CCNCC2)cc(Br)c(F)c1OC. The van der Waals surface area contributed by atoms with E-state index in [0.29, 0.717) is 10.2 Å². The van der Waals surface area contributed by atoms with Crippen LogP contribution in [0.1, 0.15) is 5.56 Å². The number of piperazine rings is 1. The first-order valence-electron chi connectivity index (χ1n) is 6.19. The van der Waals surface area contributed by atoms with Crippen LogP contribution in [0.25, 0.3) is 0 Å². The fourth-order valence-electron chi connectivity index (χ4n) is 2.27. The van der Waals surface area contributed by atoms with E-state index >= 15 is 0 Å². The molecule has 1 aromatic carbocycles. The molecular formula is C13H18BrFN2O2. The zero-order valence-electron chi connectivity index (χ0n) is 11.1. The summed E-state index contributed by atoms with van der Waals surface area (Å²) < 4.78 is 24.8. The second kappa shape index (κ2) is 6.54. The van der Waals surface area contributed by atoms with E-state index in [0.717, 1.165) is 38.3 Å². The first-order valence-corrected chi connectivity index (χ1v) is 6.98. The maximum atomic E-state index is 13.9. The Morgan fingerprint density at radius 3 is 2.47 bits per heavy atom. The van der Waals surface area contributed by atoms with E-state index in [1.165, 1.54) is 14.2 Å². The van der Waals surface area contributed by atoms with Crippen molar-refractivity contribution in [3.63, 3.8) is 0 Å². The summed E-state index contributed by atoms with van der Waals surface area (Å²) in [5.74, 6) is 0.201. The van der Waals surface area contributed by atoms with E-state index in [1.807, 2.05) is 0 Å². The summed E-state index contributed by atoms with van der Waals surface area (Å²) in [7, 11) is 2.98. The van der Waals surface area contributed by atoms with Gasteiger partial charge in [-0.2, -0.15) is 0 Å². The van der Waals surface area contributed by atoms with Crippen molar-refractivity contribution in [2.75, 3.05) is 40.4 Å². The minimum absolute atomic E-state index is 0.155. The van der Waals surface area contributed by atoms with Gasteiger partial charge in [0, 0.05) is 38.3 Å². The standard InChI is InChI=1S/C13H18BrFN2O2/c1-18-12-9(8-17-5-3-16-4-6-17)7-10(14)11(15)13(12)19-2/h7,16H,3-6,8H2,1-2H3. The first-order chi connectivity index (χ1) is 9.17. The lowest BCUT2D eigenvalue weighted by atomic mass is 10.1. The van der Waals surface area contributed by atoms with E-state index in [4.69, 9.17) is 9.47 Å². The van der Waals surface area contributed by atoms with Crippen LogP contribution in [-0.2, 0) is 6.54 Å². The van der Waals surface area contributed by atoms with Gasteiger partial charge in [-0.25, -0.2) is 4.39 Å². The van der Waals surface area contributed by atoms with Crippen molar-refractivity contribution in [2.45, 2.75) is 6.54 Å². The van der Waals surface area contributed by atoms with Crippen LogP contribution in [0, 0.1) is 5.82 Å². The zero-order valence-corrected chi connectivity index (χ0v) is 12.7. The molecule has 2 rings (SSSR count). The number of methoxy groups -OCH3 is 2. The Bertz CT molecular complexity index is 451. The van der Waals surface area contributed by atoms with Gasteiger partial charge in [-0.1, -0.05) is 0 Å². The number of nitrogens with zero attached hydrogens (tertiary/aromatic N) is 1.